The SMILES string of the molecule is CCOC(=O)/C(N=CN(C)C)=C(/C)N(C)C. The van der Waals surface area contributed by atoms with Crippen LogP contribution in [-0.2, 0) is 9.53 Å². The van der Waals surface area contributed by atoms with Crippen molar-refractivity contribution in [2.24, 2.45) is 4.99 Å². The number of rotatable bonds is 5. The average Bonchev–Trinajstić information content (AvgIpc) is 2.17. The Kier molecular flexibility index (Phi) is 6.22. The molecule has 0 aromatic rings. The summed E-state index contributed by atoms with van der Waals surface area (Å²) in [6.45, 7) is 3.95. The Labute approximate surface area is 97.4 Å². The van der Waals surface area contributed by atoms with Crippen molar-refractivity contribution in [3.05, 3.63) is 11.4 Å². The maximum Gasteiger partial charge on any atom is 0.358 e. The van der Waals surface area contributed by atoms with Gasteiger partial charge in [0, 0.05) is 33.9 Å². The van der Waals surface area contributed by atoms with E-state index >= 15 is 0 Å². The monoisotopic (exact) mass is 227 g/mol. The molecule has 0 aromatic heterocycles. The molecule has 0 heterocycles. The Balaban J connectivity index is 5.06. The molecule has 0 aliphatic carbocycles. The third-order valence-corrected chi connectivity index (χ3v) is 1.90. The highest BCUT2D eigenvalue weighted by atomic mass is 16.5. The zero-order valence-electron chi connectivity index (χ0n) is 10.9. The van der Waals surface area contributed by atoms with Crippen molar-refractivity contribution < 1.29 is 9.53 Å². The number of allylic oxidation sites excluding steroid dienone is 1. The van der Waals surface area contributed by atoms with Crippen molar-refractivity contribution in [1.29, 1.82) is 0 Å². The summed E-state index contributed by atoms with van der Waals surface area (Å²) in [6.07, 6.45) is 1.58. The van der Waals surface area contributed by atoms with Crippen LogP contribution in [0, 0.1) is 0 Å². The molecule has 0 rings (SSSR count). The van der Waals surface area contributed by atoms with Crippen LogP contribution in [0.3, 0.4) is 0 Å². The zero-order valence-corrected chi connectivity index (χ0v) is 10.9. The molecule has 0 spiro atoms. The van der Waals surface area contributed by atoms with E-state index in [0.29, 0.717) is 12.3 Å². The fourth-order valence-electron chi connectivity index (χ4n) is 0.878. The van der Waals surface area contributed by atoms with Gasteiger partial charge in [0.2, 0.25) is 0 Å². The summed E-state index contributed by atoms with van der Waals surface area (Å²) in [5.74, 6) is -0.396. The quantitative estimate of drug-likeness (QED) is 0.303. The second-order valence-electron chi connectivity index (χ2n) is 3.76. The maximum absolute atomic E-state index is 11.7. The topological polar surface area (TPSA) is 45.1 Å². The van der Waals surface area contributed by atoms with Gasteiger partial charge in [-0.3, -0.25) is 0 Å². The van der Waals surface area contributed by atoms with Crippen LogP contribution < -0.4 is 0 Å². The normalized spacial score (nSPS) is 12.4. The number of esters is 1. The lowest BCUT2D eigenvalue weighted by atomic mass is 10.3. The molecule has 0 aliphatic rings. The Morgan fingerprint density at radius 1 is 1.31 bits per heavy atom. The molecule has 0 fully saturated rings. The first-order valence-corrected chi connectivity index (χ1v) is 5.16. The number of ether oxygens (including phenoxy) is 1. The largest absolute Gasteiger partial charge is 0.461 e. The summed E-state index contributed by atoms with van der Waals surface area (Å²) in [6, 6.07) is 0. The molecule has 5 nitrogen and oxygen atoms in total. The molecule has 0 bridgehead atoms. The van der Waals surface area contributed by atoms with Gasteiger partial charge in [-0.05, 0) is 13.8 Å². The number of aliphatic imine (C=N–C) groups is 1. The van der Waals surface area contributed by atoms with E-state index in [9.17, 15) is 4.79 Å². The number of hydrogen-bond donors (Lipinski definition) is 0. The minimum Gasteiger partial charge on any atom is -0.461 e. The standard InChI is InChI=1S/C11H21N3O2/c1-7-16-11(15)10(9(2)14(5)6)12-8-13(3)4/h8H,7H2,1-6H3/b10-9+,12-8?. The van der Waals surface area contributed by atoms with Gasteiger partial charge in [-0.15, -0.1) is 0 Å². The van der Waals surface area contributed by atoms with Gasteiger partial charge in [-0.1, -0.05) is 0 Å². The van der Waals surface area contributed by atoms with E-state index in [1.807, 2.05) is 40.0 Å². The Morgan fingerprint density at radius 2 is 1.88 bits per heavy atom. The van der Waals surface area contributed by atoms with Crippen LogP contribution in [0.25, 0.3) is 0 Å². The predicted molar refractivity (Wildman–Crippen MR) is 65.2 cm³/mol. The van der Waals surface area contributed by atoms with Crippen molar-refractivity contribution in [2.75, 3.05) is 34.8 Å². The molecule has 0 amide bonds. The van der Waals surface area contributed by atoms with Crippen LogP contribution in [-0.4, -0.2) is 56.9 Å². The second-order valence-corrected chi connectivity index (χ2v) is 3.76. The van der Waals surface area contributed by atoms with E-state index in [1.54, 1.807) is 18.2 Å². The maximum atomic E-state index is 11.7. The van der Waals surface area contributed by atoms with Gasteiger partial charge in [0.15, 0.2) is 5.70 Å². The van der Waals surface area contributed by atoms with Crippen LogP contribution in [0.5, 0.6) is 0 Å². The lowest BCUT2D eigenvalue weighted by Crippen LogP contribution is -2.18. The van der Waals surface area contributed by atoms with Crippen LogP contribution in [0.1, 0.15) is 13.8 Å². The zero-order chi connectivity index (χ0) is 12.7. The van der Waals surface area contributed by atoms with E-state index in [2.05, 4.69) is 4.99 Å². The Hall–Kier alpha value is -1.52. The lowest BCUT2D eigenvalue weighted by molar-refractivity contribution is -0.138. The van der Waals surface area contributed by atoms with Crippen LogP contribution in [0.4, 0.5) is 0 Å². The molecule has 0 radical (unpaired) electrons. The van der Waals surface area contributed by atoms with Crippen LogP contribution in [0.15, 0.2) is 16.4 Å². The van der Waals surface area contributed by atoms with E-state index < -0.39 is 5.97 Å². The van der Waals surface area contributed by atoms with E-state index in [0.717, 1.165) is 5.70 Å². The first kappa shape index (κ1) is 14.5. The molecular formula is C11H21N3O2. The minimum atomic E-state index is -0.396. The predicted octanol–water partition coefficient (Wildman–Crippen LogP) is 0.932. The summed E-state index contributed by atoms with van der Waals surface area (Å²) >= 11 is 0. The highest BCUT2D eigenvalue weighted by Crippen LogP contribution is 2.10. The summed E-state index contributed by atoms with van der Waals surface area (Å²) in [4.78, 5) is 19.4. The Morgan fingerprint density at radius 3 is 2.25 bits per heavy atom. The van der Waals surface area contributed by atoms with Gasteiger partial charge in [0.1, 0.15) is 0 Å². The molecule has 92 valence electrons. The molecule has 0 atom stereocenters. The number of carbonyl (C=O) groups is 1. The molecule has 0 unspecified atom stereocenters. The van der Waals surface area contributed by atoms with Gasteiger partial charge in [-0.25, -0.2) is 9.79 Å². The first-order valence-electron chi connectivity index (χ1n) is 5.16. The van der Waals surface area contributed by atoms with E-state index in [4.69, 9.17) is 4.74 Å². The van der Waals surface area contributed by atoms with Crippen molar-refractivity contribution >= 4 is 12.3 Å². The van der Waals surface area contributed by atoms with E-state index in [-0.39, 0.29) is 0 Å². The van der Waals surface area contributed by atoms with Gasteiger partial charge in [0.25, 0.3) is 0 Å². The second kappa shape index (κ2) is 6.87. The average molecular weight is 227 g/mol. The van der Waals surface area contributed by atoms with Crippen molar-refractivity contribution in [3.8, 4) is 0 Å². The number of nitrogens with zero attached hydrogens (tertiary/aromatic N) is 3. The van der Waals surface area contributed by atoms with Crippen LogP contribution in [0.2, 0.25) is 0 Å². The molecule has 0 saturated heterocycles. The lowest BCUT2D eigenvalue weighted by Gasteiger charge is -2.15. The molecule has 0 aromatic carbocycles. The van der Waals surface area contributed by atoms with E-state index in [1.165, 1.54) is 0 Å². The summed E-state index contributed by atoms with van der Waals surface area (Å²) in [7, 11) is 7.41. The van der Waals surface area contributed by atoms with Gasteiger partial charge >= 0.3 is 5.97 Å². The molecule has 5 heteroatoms. The van der Waals surface area contributed by atoms with Gasteiger partial charge in [0.05, 0.1) is 12.9 Å². The van der Waals surface area contributed by atoms with Crippen molar-refractivity contribution in [2.45, 2.75) is 13.8 Å². The van der Waals surface area contributed by atoms with Crippen molar-refractivity contribution in [3.63, 3.8) is 0 Å². The molecule has 16 heavy (non-hydrogen) atoms. The molecule has 0 aliphatic heterocycles. The Bertz CT molecular complexity index is 294. The summed E-state index contributed by atoms with van der Waals surface area (Å²) in [5, 5.41) is 0. The first-order chi connectivity index (χ1) is 7.40. The van der Waals surface area contributed by atoms with Gasteiger partial charge < -0.3 is 14.5 Å². The fraction of sp³-hybridized carbons (Fsp3) is 0.636. The van der Waals surface area contributed by atoms with Gasteiger partial charge in [-0.2, -0.15) is 0 Å². The molecule has 0 saturated carbocycles. The third-order valence-electron chi connectivity index (χ3n) is 1.90. The van der Waals surface area contributed by atoms with Crippen LogP contribution >= 0.6 is 0 Å². The molecular weight excluding hydrogens is 206 g/mol. The minimum absolute atomic E-state index is 0.334. The fourth-order valence-corrected chi connectivity index (χ4v) is 0.878. The highest BCUT2D eigenvalue weighted by Gasteiger charge is 2.14. The van der Waals surface area contributed by atoms with Crippen molar-refractivity contribution in [1.82, 2.24) is 9.80 Å². The summed E-state index contributed by atoms with van der Waals surface area (Å²) in [5.41, 5.74) is 1.11. The number of hydrogen-bond acceptors (Lipinski definition) is 4. The smallest absolute Gasteiger partial charge is 0.358 e. The molecule has 0 N–H and O–H groups in total. The highest BCUT2D eigenvalue weighted by molar-refractivity contribution is 5.90. The summed E-state index contributed by atoms with van der Waals surface area (Å²) < 4.78 is 4.95. The third kappa shape index (κ3) is 4.82. The number of carbonyl (C=O) groups excluding carboxylic acids is 1.